The highest BCUT2D eigenvalue weighted by Gasteiger charge is 2.23. The van der Waals surface area contributed by atoms with Crippen molar-refractivity contribution in [3.05, 3.63) is 467 Å². The molecule has 0 spiro atoms. The third kappa shape index (κ3) is 13.0. The van der Waals surface area contributed by atoms with Crippen LogP contribution in [0.1, 0.15) is 0 Å². The molecule has 574 valence electrons. The maximum Gasteiger partial charge on any atom is 0.162 e. The lowest BCUT2D eigenvalue weighted by Gasteiger charge is -2.16. The summed E-state index contributed by atoms with van der Waals surface area (Å²) < 4.78 is 7.16. The first kappa shape index (κ1) is 71.9. The predicted octanol–water partition coefficient (Wildman–Crippen LogP) is 31.7. The van der Waals surface area contributed by atoms with E-state index in [9.17, 15) is 0 Å². The second kappa shape index (κ2) is 30.5. The van der Waals surface area contributed by atoms with Gasteiger partial charge in [-0.3, -0.25) is 4.57 Å². The van der Waals surface area contributed by atoms with E-state index in [0.717, 1.165) is 44.8 Å². The van der Waals surface area contributed by atoms with E-state index in [1.165, 1.54) is 175 Å². The maximum absolute atomic E-state index is 5.26. The van der Waals surface area contributed by atoms with Crippen LogP contribution >= 0.6 is 0 Å². The molecule has 5 heteroatoms. The van der Waals surface area contributed by atoms with Gasteiger partial charge in [-0.25, -0.2) is 9.97 Å². The summed E-state index contributed by atoms with van der Waals surface area (Å²) in [6.45, 7) is 0. The Morgan fingerprint density at radius 2 is 0.496 bits per heavy atom. The lowest BCUT2D eigenvalue weighted by molar-refractivity contribution is 1.05. The molecule has 0 aliphatic carbocycles. The van der Waals surface area contributed by atoms with Crippen LogP contribution in [0.25, 0.3) is 226 Å². The maximum atomic E-state index is 5.26. The highest BCUT2D eigenvalue weighted by molar-refractivity contribution is 6.26. The molecule has 0 radical (unpaired) electrons. The molecule has 21 aromatic carbocycles. The van der Waals surface area contributed by atoms with E-state index < -0.39 is 0 Å². The topological polar surface area (TPSA) is 40.6 Å². The second-order valence-electron chi connectivity index (χ2n) is 31.9. The fraction of sp³-hybridized carbons (Fsp3) is 0. The third-order valence-electron chi connectivity index (χ3n) is 24.6. The molecule has 0 N–H and O–H groups in total. The van der Waals surface area contributed by atoms with Gasteiger partial charge in [0.2, 0.25) is 0 Å². The van der Waals surface area contributed by atoms with Crippen molar-refractivity contribution in [1.29, 1.82) is 0 Å². The van der Waals surface area contributed by atoms with E-state index in [4.69, 9.17) is 9.97 Å². The Bertz CT molecular complexity index is 8320. The Hall–Kier alpha value is -16.3. The highest BCUT2D eigenvalue weighted by atomic mass is 15.1. The number of benzene rings is 21. The Balaban J connectivity index is 0.000000108. The fourth-order valence-electron chi connectivity index (χ4n) is 18.8. The summed E-state index contributed by atoms with van der Waals surface area (Å²) in [4.78, 5) is 10.5. The normalized spacial score (nSPS) is 11.6. The Kier molecular flexibility index (Phi) is 17.9. The lowest BCUT2D eigenvalue weighted by atomic mass is 9.92. The van der Waals surface area contributed by atoms with Crippen molar-refractivity contribution in [1.82, 2.24) is 23.7 Å². The zero-order valence-corrected chi connectivity index (χ0v) is 67.2. The van der Waals surface area contributed by atoms with E-state index in [2.05, 4.69) is 463 Å². The Labute approximate surface area is 711 Å². The third-order valence-corrected chi connectivity index (χ3v) is 24.6. The van der Waals surface area contributed by atoms with Gasteiger partial charge in [0.1, 0.15) is 5.82 Å². The molecule has 0 fully saturated rings. The molecule has 0 saturated heterocycles. The molecule has 4 aromatic heterocycles. The summed E-state index contributed by atoms with van der Waals surface area (Å²) in [7, 11) is 0. The van der Waals surface area contributed by atoms with Gasteiger partial charge in [-0.15, -0.1) is 0 Å². The van der Waals surface area contributed by atoms with Crippen LogP contribution in [0.2, 0.25) is 0 Å². The Morgan fingerprint density at radius 1 is 0.154 bits per heavy atom. The summed E-state index contributed by atoms with van der Waals surface area (Å²) in [5, 5.41) is 22.8. The quantitative estimate of drug-likeness (QED) is 0.128. The number of para-hydroxylation sites is 3. The molecule has 4 heterocycles. The molecule has 25 aromatic rings. The Morgan fingerprint density at radius 3 is 0.992 bits per heavy atom. The van der Waals surface area contributed by atoms with E-state index in [1.807, 2.05) is 18.2 Å². The first-order chi connectivity index (χ1) is 61.0. The molecule has 0 aliphatic rings. The number of rotatable bonds is 10. The monoisotopic (exact) mass is 1560 g/mol. The largest absolute Gasteiger partial charge is 0.309 e. The summed E-state index contributed by atoms with van der Waals surface area (Å²) in [6, 6.07) is 168. The zero-order valence-electron chi connectivity index (χ0n) is 67.2. The van der Waals surface area contributed by atoms with Gasteiger partial charge in [-0.05, 0) is 218 Å². The van der Waals surface area contributed by atoms with Crippen LogP contribution in [-0.2, 0) is 0 Å². The molecule has 0 aliphatic heterocycles. The molecule has 0 saturated carbocycles. The van der Waals surface area contributed by atoms with Gasteiger partial charge in [0.25, 0.3) is 0 Å². The van der Waals surface area contributed by atoms with Crippen LogP contribution in [0.15, 0.2) is 467 Å². The minimum Gasteiger partial charge on any atom is -0.309 e. The summed E-state index contributed by atoms with van der Waals surface area (Å²) in [5.41, 5.74) is 24.4. The van der Waals surface area contributed by atoms with Crippen molar-refractivity contribution in [3.8, 4) is 95.5 Å². The summed E-state index contributed by atoms with van der Waals surface area (Å²) in [6.07, 6.45) is 0. The van der Waals surface area contributed by atoms with Gasteiger partial charge in [0.15, 0.2) is 5.82 Å². The van der Waals surface area contributed by atoms with Crippen molar-refractivity contribution in [2.75, 3.05) is 0 Å². The van der Waals surface area contributed by atoms with Gasteiger partial charge in [0, 0.05) is 60.8 Å². The molecule has 0 amide bonds. The predicted molar refractivity (Wildman–Crippen MR) is 521 cm³/mol. The first-order valence-electron chi connectivity index (χ1n) is 42.2. The van der Waals surface area contributed by atoms with Crippen LogP contribution in [0.4, 0.5) is 0 Å². The van der Waals surface area contributed by atoms with Gasteiger partial charge in [-0.2, -0.15) is 0 Å². The molecule has 0 unspecified atom stereocenters. The molecule has 0 atom stereocenters. The zero-order chi connectivity index (χ0) is 81.3. The van der Waals surface area contributed by atoms with E-state index in [-0.39, 0.29) is 0 Å². The summed E-state index contributed by atoms with van der Waals surface area (Å²) >= 11 is 0. The average molecular weight is 1560 g/mol. The van der Waals surface area contributed by atoms with E-state index in [0.29, 0.717) is 5.82 Å². The smallest absolute Gasteiger partial charge is 0.162 e. The van der Waals surface area contributed by atoms with Crippen LogP contribution in [-0.4, -0.2) is 23.7 Å². The number of aromatic nitrogens is 5. The van der Waals surface area contributed by atoms with Crippen molar-refractivity contribution >= 4 is 130 Å². The number of hydrogen-bond donors (Lipinski definition) is 0. The standard InChI is InChI=1S/C44H29N3.C40H25N.C34H23N/c1-4-14-30(15-5-1)35-24-36(31-16-6-2-7-17-31)26-37(25-35)40-29-43(46-44(45-40)32-18-8-3-9-19-32)47-41-23-13-12-22-38(41)39-27-33-20-10-11-21-34(33)28-42(39)47;1-2-11-28-25-40-38(24-27(28)10-1)36-18-7-8-19-39(36)41(40)30-13-9-12-26(22-30)29-20-21-35-33-16-4-3-14-31(33)32-15-5-6-17-34(32)37(35)23-29;1-3-11-24(12-4-1)28-19-20-33(30(21-28)25-13-5-2-6-14-25)35-32-18-10-9-17-29(32)31-22-26-15-7-8-16-27(26)23-34(31)35/h1-29H;1-25H;1-23H. The van der Waals surface area contributed by atoms with Crippen LogP contribution in [0.5, 0.6) is 0 Å². The minimum atomic E-state index is 0.691. The highest BCUT2D eigenvalue weighted by Crippen LogP contribution is 2.45. The van der Waals surface area contributed by atoms with Crippen molar-refractivity contribution in [2.24, 2.45) is 0 Å². The minimum absolute atomic E-state index is 0.691. The van der Waals surface area contributed by atoms with Gasteiger partial charge >= 0.3 is 0 Å². The number of fused-ring (bicyclic) bond motifs is 18. The van der Waals surface area contributed by atoms with Crippen molar-refractivity contribution in [2.45, 2.75) is 0 Å². The van der Waals surface area contributed by atoms with Gasteiger partial charge in [0.05, 0.1) is 44.5 Å². The van der Waals surface area contributed by atoms with E-state index in [1.54, 1.807) is 0 Å². The van der Waals surface area contributed by atoms with Crippen molar-refractivity contribution < 1.29 is 0 Å². The SMILES string of the molecule is c1cc(-c2ccc3c4ccccc4c4ccccc4c3c2)cc(-n2c3ccccc3c3cc4ccccc4cc32)c1.c1ccc(-c2cc(-c3ccccc3)cc(-c3cc(-n4c5ccccc5c5cc6ccccc6cc54)nc(-c4ccccc4)n3)c2)cc1.c1ccc(-c2ccc(-n3c4ccccc4c4cc5ccccc5cc43)c(-c3ccccc3)c2)cc1. The molecule has 123 heavy (non-hydrogen) atoms. The molecule has 5 nitrogen and oxygen atoms in total. The van der Waals surface area contributed by atoms with Crippen LogP contribution in [0.3, 0.4) is 0 Å². The second-order valence-corrected chi connectivity index (χ2v) is 31.9. The molecule has 0 bridgehead atoms. The van der Waals surface area contributed by atoms with Crippen molar-refractivity contribution in [3.63, 3.8) is 0 Å². The van der Waals surface area contributed by atoms with E-state index >= 15 is 0 Å². The first-order valence-corrected chi connectivity index (χ1v) is 42.2. The average Bonchev–Trinajstić information content (AvgIpc) is 1.58. The molecule has 25 rings (SSSR count). The van der Waals surface area contributed by atoms with Crippen LogP contribution < -0.4 is 0 Å². The lowest BCUT2D eigenvalue weighted by Crippen LogP contribution is -2.02. The van der Waals surface area contributed by atoms with Gasteiger partial charge in [-0.1, -0.05) is 358 Å². The van der Waals surface area contributed by atoms with Gasteiger partial charge < -0.3 is 9.13 Å². The number of nitrogens with zero attached hydrogens (tertiary/aromatic N) is 5. The summed E-state index contributed by atoms with van der Waals surface area (Å²) in [5.74, 6) is 1.53. The van der Waals surface area contributed by atoms with Crippen LogP contribution in [0, 0.1) is 0 Å². The molecular weight excluding hydrogens is 1490 g/mol. The molecular formula is C118H77N5. The fourth-order valence-corrected chi connectivity index (χ4v) is 18.8. The number of hydrogen-bond acceptors (Lipinski definition) is 2.